The van der Waals surface area contributed by atoms with Crippen molar-refractivity contribution in [2.45, 2.75) is 109 Å². The molecule has 0 aromatic carbocycles. The fourth-order valence-corrected chi connectivity index (χ4v) is 10.2. The predicted molar refractivity (Wildman–Crippen MR) is 181 cm³/mol. The number of ether oxygens (including phenoxy) is 3. The molecule has 278 valence electrons. The highest BCUT2D eigenvalue weighted by Gasteiger charge is 2.47. The number of esters is 2. The molecule has 0 bridgehead atoms. The largest absolute Gasteiger partial charge is 0.438 e. The molecule has 2 aliphatic rings. The molecule has 19 heteroatoms. The van der Waals surface area contributed by atoms with Gasteiger partial charge in [-0.05, 0) is 31.7 Å². The van der Waals surface area contributed by atoms with Crippen molar-refractivity contribution in [2.24, 2.45) is 0 Å². The summed E-state index contributed by atoms with van der Waals surface area (Å²) in [6.07, 6.45) is 1.90. The molecule has 1 aliphatic heterocycles. The number of nitrogens with zero attached hydrogens (tertiary/aromatic N) is 3. The first-order chi connectivity index (χ1) is 23.8. The van der Waals surface area contributed by atoms with Gasteiger partial charge >= 0.3 is 19.5 Å². The number of aromatic nitrogens is 2. The van der Waals surface area contributed by atoms with Crippen molar-refractivity contribution in [3.05, 3.63) is 23.0 Å². The molecule has 1 saturated carbocycles. The lowest BCUT2D eigenvalue weighted by atomic mass is 10.1. The van der Waals surface area contributed by atoms with Crippen molar-refractivity contribution in [2.75, 3.05) is 30.1 Å². The number of sulfone groups is 1. The summed E-state index contributed by atoms with van der Waals surface area (Å²) in [6.45, 7) is 1.97. The lowest BCUT2D eigenvalue weighted by Gasteiger charge is -2.20. The van der Waals surface area contributed by atoms with Crippen LogP contribution in [-0.2, 0) is 47.2 Å². The molecule has 2 fully saturated rings. The van der Waals surface area contributed by atoms with Crippen LogP contribution >= 0.6 is 19.2 Å². The van der Waals surface area contributed by atoms with Crippen molar-refractivity contribution in [3.63, 3.8) is 0 Å². The Balaban J connectivity index is 1.49. The Labute approximate surface area is 295 Å². The lowest BCUT2D eigenvalue weighted by Crippen LogP contribution is -2.36. The molecule has 3 heterocycles. The van der Waals surface area contributed by atoms with Gasteiger partial charge in [0.25, 0.3) is 0 Å². The molecule has 1 saturated heterocycles. The zero-order valence-electron chi connectivity index (χ0n) is 28.0. The maximum Gasteiger partial charge on any atom is 0.351 e. The summed E-state index contributed by atoms with van der Waals surface area (Å²) in [7, 11) is -9.09. The highest BCUT2D eigenvalue weighted by molar-refractivity contribution is 7.97. The number of nitrogens with one attached hydrogen (secondary N) is 1. The quantitative estimate of drug-likeness (QED) is 0.0774. The number of anilines is 1. The van der Waals surface area contributed by atoms with Gasteiger partial charge in [-0.15, -0.1) is 0 Å². The fourth-order valence-electron chi connectivity index (χ4n) is 5.75. The van der Waals surface area contributed by atoms with Gasteiger partial charge in [-0.2, -0.15) is 5.26 Å². The number of hydrogen-bond acceptors (Lipinski definition) is 15. The zero-order chi connectivity index (χ0) is 36.5. The number of carbonyl (C=O) groups is 2. The van der Waals surface area contributed by atoms with Crippen LogP contribution in [0.4, 0.5) is 5.69 Å². The van der Waals surface area contributed by atoms with E-state index in [4.69, 9.17) is 34.9 Å². The number of halogens is 1. The van der Waals surface area contributed by atoms with Gasteiger partial charge in [0.15, 0.2) is 26.7 Å². The molecule has 4 atom stereocenters. The van der Waals surface area contributed by atoms with Crippen molar-refractivity contribution < 1.29 is 56.0 Å². The van der Waals surface area contributed by atoms with Crippen molar-refractivity contribution in [3.8, 4) is 6.07 Å². The van der Waals surface area contributed by atoms with Gasteiger partial charge in [0.1, 0.15) is 35.6 Å². The maximum atomic E-state index is 13.6. The van der Waals surface area contributed by atoms with Crippen LogP contribution < -0.4 is 5.32 Å². The highest BCUT2D eigenvalue weighted by atomic mass is 35.5. The second kappa shape index (κ2) is 18.1. The summed E-state index contributed by atoms with van der Waals surface area (Å²) in [5.74, 6) is -2.24. The van der Waals surface area contributed by atoms with E-state index in [2.05, 4.69) is 16.4 Å². The van der Waals surface area contributed by atoms with E-state index in [1.807, 2.05) is 13.8 Å². The number of nitriles is 1. The lowest BCUT2D eigenvalue weighted by molar-refractivity contribution is -0.152. The number of aliphatic hydroxyl groups excluding tert-OH is 2. The minimum Gasteiger partial charge on any atom is -0.438 e. The molecule has 1 aliphatic carbocycles. The van der Waals surface area contributed by atoms with Crippen LogP contribution in [0.3, 0.4) is 0 Å². The molecule has 16 nitrogen and oxygen atoms in total. The van der Waals surface area contributed by atoms with Gasteiger partial charge in [-0.25, -0.2) is 13.4 Å². The van der Waals surface area contributed by atoms with Crippen LogP contribution in [-0.4, -0.2) is 89.3 Å². The summed E-state index contributed by atoms with van der Waals surface area (Å²) in [6, 6.07) is 3.86. The van der Waals surface area contributed by atoms with Crippen molar-refractivity contribution in [1.29, 1.82) is 5.26 Å². The molecule has 0 spiro atoms. The van der Waals surface area contributed by atoms with Crippen molar-refractivity contribution in [1.82, 2.24) is 9.55 Å². The SMILES string of the molecule is CCCCC(=O)OCOP(=O)(CS(=O)(=O)C[C@H]1O[C@@H](n2ccc3c(NC4CCCC4)c(C#N)c(Cl)nc32)[C@H](O)[C@@H]1O)OCOC(=O)CCCC. The van der Waals surface area contributed by atoms with Crippen LogP contribution in [0.2, 0.25) is 5.15 Å². The minimum absolute atomic E-state index is 0.0645. The first kappa shape index (κ1) is 40.0. The van der Waals surface area contributed by atoms with Crippen LogP contribution in [0.15, 0.2) is 12.3 Å². The van der Waals surface area contributed by atoms with Crippen LogP contribution in [0.25, 0.3) is 11.0 Å². The Bertz CT molecular complexity index is 1660. The topological polar surface area (TPSA) is 226 Å². The van der Waals surface area contributed by atoms with Gasteiger partial charge in [-0.1, -0.05) is 51.1 Å². The molecule has 2 aromatic heterocycles. The molecule has 0 unspecified atom stereocenters. The maximum absolute atomic E-state index is 13.6. The minimum atomic E-state index is -4.63. The summed E-state index contributed by atoms with van der Waals surface area (Å²) in [5.41, 5.74) is -0.393. The Morgan fingerprint density at radius 2 is 1.70 bits per heavy atom. The second-order valence-corrected chi connectivity index (χ2v) is 17.2. The van der Waals surface area contributed by atoms with E-state index in [0.717, 1.165) is 38.5 Å². The van der Waals surface area contributed by atoms with Crippen LogP contribution in [0.1, 0.15) is 89.8 Å². The van der Waals surface area contributed by atoms with E-state index >= 15 is 0 Å². The molecule has 0 amide bonds. The Hall–Kier alpha value is -2.81. The Kier molecular flexibility index (Phi) is 14.5. The smallest absolute Gasteiger partial charge is 0.351 e. The van der Waals surface area contributed by atoms with Gasteiger partial charge in [0.2, 0.25) is 13.6 Å². The summed E-state index contributed by atoms with van der Waals surface area (Å²) < 4.78 is 67.6. The average Bonchev–Trinajstić information content (AvgIpc) is 3.79. The number of pyridine rings is 1. The van der Waals surface area contributed by atoms with E-state index in [1.165, 1.54) is 10.8 Å². The van der Waals surface area contributed by atoms with E-state index in [9.17, 15) is 38.0 Å². The Morgan fingerprint density at radius 1 is 1.10 bits per heavy atom. The number of rotatable bonds is 19. The first-order valence-corrected chi connectivity index (χ1v) is 20.5. The summed E-state index contributed by atoms with van der Waals surface area (Å²) in [4.78, 5) is 28.2. The van der Waals surface area contributed by atoms with Gasteiger partial charge in [0, 0.05) is 30.5 Å². The fraction of sp³-hybridized carbons (Fsp3) is 0.677. The van der Waals surface area contributed by atoms with E-state index in [-0.39, 0.29) is 35.2 Å². The number of aliphatic hydroxyl groups is 2. The predicted octanol–water partition coefficient (Wildman–Crippen LogP) is 4.52. The molecule has 4 rings (SSSR count). The summed E-state index contributed by atoms with van der Waals surface area (Å²) >= 11 is 6.40. The van der Waals surface area contributed by atoms with E-state index < -0.39 is 78.7 Å². The second-order valence-electron chi connectivity index (χ2n) is 12.3. The van der Waals surface area contributed by atoms with Gasteiger partial charge in [0.05, 0.1) is 11.4 Å². The standard InChI is InChI=1S/C31H44ClN4O12PS/c1-3-5-11-24(37)44-17-46-49(41,47-18-45-25(38)12-6-4-2)19-50(42,43)16-23-27(39)28(40)31(48-23)36-14-13-21-26(34-20-9-7-8-10-20)22(15-33)29(32)35-30(21)36/h13-14,20,23,27-28,31,39-40H,3-12,16-19H2,1-2H3,(H,34,35)/t23-,27-,28-,31-/m1/s1. The molecule has 3 N–H and O–H groups in total. The van der Waals surface area contributed by atoms with Gasteiger partial charge < -0.3 is 34.3 Å². The van der Waals surface area contributed by atoms with E-state index in [1.54, 1.807) is 6.07 Å². The van der Waals surface area contributed by atoms with Crippen molar-refractivity contribution >= 4 is 57.7 Å². The van der Waals surface area contributed by atoms with Gasteiger partial charge in [-0.3, -0.25) is 23.2 Å². The number of fused-ring (bicyclic) bond motifs is 1. The number of unbranched alkanes of at least 4 members (excludes halogenated alkanes) is 2. The third kappa shape index (κ3) is 10.4. The molecular weight excluding hydrogens is 719 g/mol. The third-order valence-corrected chi connectivity index (χ3v) is 13.4. The average molecular weight is 763 g/mol. The molecular formula is C31H44ClN4O12PS. The molecule has 0 radical (unpaired) electrons. The molecule has 2 aromatic rings. The third-order valence-electron chi connectivity index (χ3n) is 8.42. The normalized spacial score (nSPS) is 21.4. The number of carbonyl (C=O) groups excluding carboxylic acids is 2. The first-order valence-electron chi connectivity index (χ1n) is 16.6. The summed E-state index contributed by atoms with van der Waals surface area (Å²) in [5, 5.41) is 35.5. The number of hydrogen-bond donors (Lipinski definition) is 3. The molecule has 50 heavy (non-hydrogen) atoms. The van der Waals surface area contributed by atoms with Crippen LogP contribution in [0.5, 0.6) is 0 Å². The van der Waals surface area contributed by atoms with Crippen LogP contribution in [0, 0.1) is 11.3 Å². The Morgan fingerprint density at radius 3 is 2.26 bits per heavy atom. The van der Waals surface area contributed by atoms with E-state index in [0.29, 0.717) is 23.9 Å². The zero-order valence-corrected chi connectivity index (χ0v) is 30.5. The highest BCUT2D eigenvalue weighted by Crippen LogP contribution is 2.50. The monoisotopic (exact) mass is 762 g/mol.